The molecule has 0 aliphatic rings. The van der Waals surface area contributed by atoms with E-state index < -0.39 is 5.97 Å². The third kappa shape index (κ3) is 2.57. The van der Waals surface area contributed by atoms with E-state index in [0.717, 1.165) is 28.4 Å². The molecule has 0 saturated carbocycles. The van der Waals surface area contributed by atoms with Crippen LogP contribution in [0.15, 0.2) is 49.1 Å². The minimum Gasteiger partial charge on any atom is -0.506 e. The lowest BCUT2D eigenvalue weighted by molar-refractivity contribution is -0.137. The van der Waals surface area contributed by atoms with Crippen LogP contribution < -0.4 is 4.74 Å². The minimum absolute atomic E-state index is 0.183. The summed E-state index contributed by atoms with van der Waals surface area (Å²) in [6, 6.07) is 11.3. The van der Waals surface area contributed by atoms with Crippen LogP contribution in [0.1, 0.15) is 12.5 Å². The van der Waals surface area contributed by atoms with Gasteiger partial charge in [-0.05, 0) is 36.8 Å². The fraction of sp³-hybridized carbons (Fsp3) is 0.211. The number of ether oxygens (including phenoxy) is 2. The normalized spacial score (nSPS) is 11.4. The van der Waals surface area contributed by atoms with Gasteiger partial charge in [-0.2, -0.15) is 0 Å². The molecule has 26 heavy (non-hydrogen) atoms. The summed E-state index contributed by atoms with van der Waals surface area (Å²) in [6.07, 6.45) is 1.70. The average Bonchev–Trinajstić information content (AvgIpc) is 3.30. The van der Waals surface area contributed by atoms with Crippen molar-refractivity contribution in [1.29, 1.82) is 0 Å². The van der Waals surface area contributed by atoms with E-state index in [1.807, 2.05) is 51.3 Å². The van der Waals surface area contributed by atoms with Crippen LogP contribution in [0.2, 0.25) is 0 Å². The zero-order chi connectivity index (χ0) is 18.3. The summed E-state index contributed by atoms with van der Waals surface area (Å²) in [5, 5.41) is 10.3. The molecule has 4 rings (SSSR count). The Hall–Kier alpha value is -3.35. The maximum Gasteiger partial charge on any atom is 0.330 e. The van der Waals surface area contributed by atoms with E-state index in [0.29, 0.717) is 18.7 Å². The molecular formula is C19H19N3O4. The van der Waals surface area contributed by atoms with Crippen LogP contribution in [-0.2, 0) is 16.0 Å². The third-order valence-electron chi connectivity index (χ3n) is 4.25. The number of hydrogen-bond donors (Lipinski definition) is 1. The van der Waals surface area contributed by atoms with Crippen molar-refractivity contribution in [3.8, 4) is 17.2 Å². The summed E-state index contributed by atoms with van der Waals surface area (Å²) in [5.74, 6) is 0.563. The highest BCUT2D eigenvalue weighted by Gasteiger charge is 2.26. The van der Waals surface area contributed by atoms with Gasteiger partial charge in [0, 0.05) is 18.6 Å². The first-order valence-electron chi connectivity index (χ1n) is 8.42. The van der Waals surface area contributed by atoms with Crippen LogP contribution in [0.25, 0.3) is 16.7 Å². The van der Waals surface area contributed by atoms with Crippen molar-refractivity contribution in [3.63, 3.8) is 0 Å². The maximum atomic E-state index is 11.1. The summed E-state index contributed by atoms with van der Waals surface area (Å²) >= 11 is 0. The van der Waals surface area contributed by atoms with Crippen LogP contribution >= 0.6 is 0 Å². The SMILES string of the molecule is C=CC(=O)OCCc1ccc(O)c(-n2n3c4ccc(OCC)cc4n23)c1. The predicted octanol–water partition coefficient (Wildman–Crippen LogP) is 2.80. The van der Waals surface area contributed by atoms with Crippen LogP contribution in [0.5, 0.6) is 11.5 Å². The molecule has 0 unspecified atom stereocenters. The molecule has 0 saturated heterocycles. The molecule has 1 N–H and O–H groups in total. The number of phenolic OH excluding ortho intramolecular Hbond substituents is 1. The zero-order valence-corrected chi connectivity index (χ0v) is 14.4. The molecule has 0 amide bonds. The van der Waals surface area contributed by atoms with Crippen molar-refractivity contribution in [2.24, 2.45) is 0 Å². The van der Waals surface area contributed by atoms with Crippen molar-refractivity contribution in [3.05, 3.63) is 54.6 Å². The summed E-state index contributed by atoms with van der Waals surface area (Å²) in [5.41, 5.74) is 3.72. The number of aromatic nitrogens is 3. The minimum atomic E-state index is -0.439. The molecule has 0 atom stereocenters. The highest BCUT2D eigenvalue weighted by atomic mass is 16.5. The summed E-state index contributed by atoms with van der Waals surface area (Å²) < 4.78 is 14.5. The standard InChI is InChI=1S/C19H19N3O4/c1-3-19(24)26-10-9-13-5-8-18(23)17(11-13)22-20-15-7-6-14(25-4-2)12-16(15)21(20)22/h3,5-8,11-12,23H,1,4,9-10H2,2H3. The van der Waals surface area contributed by atoms with Crippen LogP contribution in [-0.4, -0.2) is 38.3 Å². The number of aromatic hydroxyl groups is 1. The van der Waals surface area contributed by atoms with E-state index in [2.05, 4.69) is 6.58 Å². The molecule has 0 fully saturated rings. The quantitative estimate of drug-likeness (QED) is 0.410. The van der Waals surface area contributed by atoms with Crippen molar-refractivity contribution in [1.82, 2.24) is 14.1 Å². The number of phenols is 1. The fourth-order valence-corrected chi connectivity index (χ4v) is 3.00. The Labute approximate surface area is 149 Å². The lowest BCUT2D eigenvalue weighted by atomic mass is 10.1. The number of rotatable bonds is 7. The fourth-order valence-electron chi connectivity index (χ4n) is 3.00. The molecule has 0 radical (unpaired) electrons. The summed E-state index contributed by atoms with van der Waals surface area (Å²) in [4.78, 5) is 13.0. The van der Waals surface area contributed by atoms with Gasteiger partial charge in [-0.3, -0.25) is 0 Å². The van der Waals surface area contributed by atoms with Crippen molar-refractivity contribution in [2.45, 2.75) is 13.3 Å². The zero-order valence-electron chi connectivity index (χ0n) is 14.4. The Morgan fingerprint density at radius 2 is 2.00 bits per heavy atom. The molecule has 2 heterocycles. The van der Waals surface area contributed by atoms with Crippen molar-refractivity contribution < 1.29 is 19.4 Å². The Kier molecular flexibility index (Phi) is 3.84. The number of carbonyl (C=O) groups excluding carboxylic acids is 1. The van der Waals surface area contributed by atoms with E-state index in [1.54, 1.807) is 6.07 Å². The number of nitrogens with zero attached hydrogens (tertiary/aromatic N) is 3. The Morgan fingerprint density at radius 1 is 1.19 bits per heavy atom. The third-order valence-corrected chi connectivity index (χ3v) is 4.25. The van der Waals surface area contributed by atoms with Gasteiger partial charge in [-0.15, -0.1) is 14.1 Å². The Bertz CT molecular complexity index is 1090. The topological polar surface area (TPSA) is 69.5 Å². The van der Waals surface area contributed by atoms with Gasteiger partial charge in [-0.25, -0.2) is 4.79 Å². The lowest BCUT2D eigenvalue weighted by Crippen LogP contribution is -2.04. The monoisotopic (exact) mass is 353 g/mol. The van der Waals surface area contributed by atoms with E-state index in [9.17, 15) is 9.90 Å². The van der Waals surface area contributed by atoms with Crippen molar-refractivity contribution in [2.75, 3.05) is 13.2 Å². The molecule has 7 heteroatoms. The molecular weight excluding hydrogens is 334 g/mol. The molecule has 0 aliphatic carbocycles. The first-order valence-corrected chi connectivity index (χ1v) is 8.42. The maximum absolute atomic E-state index is 11.1. The smallest absolute Gasteiger partial charge is 0.330 e. The van der Waals surface area contributed by atoms with E-state index in [4.69, 9.17) is 9.47 Å². The van der Waals surface area contributed by atoms with E-state index >= 15 is 0 Å². The van der Waals surface area contributed by atoms with Gasteiger partial charge >= 0.3 is 5.97 Å². The highest BCUT2D eigenvalue weighted by Crippen LogP contribution is 2.32. The van der Waals surface area contributed by atoms with Crippen LogP contribution in [0.3, 0.4) is 0 Å². The van der Waals surface area contributed by atoms with Gasteiger partial charge < -0.3 is 14.6 Å². The molecule has 7 nitrogen and oxygen atoms in total. The molecule has 2 aromatic heterocycles. The number of hydrogen-bond acceptors (Lipinski definition) is 4. The van der Waals surface area contributed by atoms with Gasteiger partial charge in [0.05, 0.1) is 13.2 Å². The van der Waals surface area contributed by atoms with Gasteiger partial charge in [0.1, 0.15) is 28.2 Å². The molecule has 0 spiro atoms. The largest absolute Gasteiger partial charge is 0.506 e. The average molecular weight is 353 g/mol. The molecule has 4 aromatic rings. The summed E-state index contributed by atoms with van der Waals surface area (Å²) in [6.45, 7) is 6.20. The second-order valence-corrected chi connectivity index (χ2v) is 5.90. The molecule has 134 valence electrons. The first-order chi connectivity index (χ1) is 12.6. The Balaban J connectivity index is 1.60. The molecule has 2 aromatic carbocycles. The lowest BCUT2D eigenvalue weighted by Gasteiger charge is -2.05. The van der Waals surface area contributed by atoms with E-state index in [1.165, 1.54) is 0 Å². The number of esters is 1. The Morgan fingerprint density at radius 3 is 2.77 bits per heavy atom. The van der Waals surface area contributed by atoms with Crippen molar-refractivity contribution >= 4 is 17.0 Å². The predicted molar refractivity (Wildman–Crippen MR) is 96.6 cm³/mol. The van der Waals surface area contributed by atoms with Gasteiger partial charge in [0.25, 0.3) is 0 Å². The van der Waals surface area contributed by atoms with Crippen LogP contribution in [0, 0.1) is 0 Å². The second-order valence-electron chi connectivity index (χ2n) is 5.90. The second kappa shape index (κ2) is 6.18. The van der Waals surface area contributed by atoms with Gasteiger partial charge in [0.15, 0.2) is 0 Å². The van der Waals surface area contributed by atoms with Gasteiger partial charge in [0.2, 0.25) is 0 Å². The first kappa shape index (κ1) is 16.1. The summed E-state index contributed by atoms with van der Waals surface area (Å²) in [7, 11) is 0. The van der Waals surface area contributed by atoms with E-state index in [-0.39, 0.29) is 12.4 Å². The van der Waals surface area contributed by atoms with Gasteiger partial charge in [-0.1, -0.05) is 12.6 Å². The number of carbonyl (C=O) groups is 1. The number of fused-ring (bicyclic) bond motifs is 4. The molecule has 0 bridgehead atoms. The van der Waals surface area contributed by atoms with Crippen LogP contribution in [0.4, 0.5) is 0 Å². The molecule has 0 aliphatic heterocycles. The number of benzene rings is 2. The highest BCUT2D eigenvalue weighted by molar-refractivity contribution is 5.81.